The van der Waals surface area contributed by atoms with E-state index in [0.29, 0.717) is 17.6 Å². The zero-order chi connectivity index (χ0) is 35.9. The smallest absolute Gasteiger partial charge is 0.0991 e. The first-order chi connectivity index (χ1) is 26.2. The minimum absolute atomic E-state index is 0.186. The second kappa shape index (κ2) is 13.2. The van der Waals surface area contributed by atoms with Gasteiger partial charge in [0.15, 0.2) is 0 Å². The second-order valence-corrected chi connectivity index (χ2v) is 13.7. The molecule has 7 aromatic rings. The van der Waals surface area contributed by atoms with Crippen LogP contribution in [-0.2, 0) is 0 Å². The van der Waals surface area contributed by atoms with Gasteiger partial charge in [-0.3, -0.25) is 0 Å². The summed E-state index contributed by atoms with van der Waals surface area (Å²) in [5.74, 6) is -0.206. The Balaban J connectivity index is 1.29. The highest BCUT2D eigenvalue weighted by molar-refractivity contribution is 6.09. The molecular formula is C48H33N5. The quantitative estimate of drug-likeness (QED) is 0.182. The minimum Gasteiger partial charge on any atom is -0.309 e. The normalized spacial score (nSPS) is 16.0. The number of hydrogen-bond donors (Lipinski definition) is 0. The fraction of sp³-hybridized carbons (Fsp3) is 0.104. The van der Waals surface area contributed by atoms with Gasteiger partial charge in [0.25, 0.3) is 0 Å². The predicted octanol–water partition coefficient (Wildman–Crippen LogP) is 11.7. The van der Waals surface area contributed by atoms with Crippen LogP contribution in [0.3, 0.4) is 0 Å². The Kier molecular flexibility index (Phi) is 7.93. The minimum atomic E-state index is -0.206. The van der Waals surface area contributed by atoms with E-state index in [4.69, 9.17) is 0 Å². The summed E-state index contributed by atoms with van der Waals surface area (Å²) in [5.41, 5.74) is 12.8. The average Bonchev–Trinajstić information content (AvgIpc) is 3.68. The van der Waals surface area contributed by atoms with E-state index >= 15 is 0 Å². The van der Waals surface area contributed by atoms with Gasteiger partial charge in [0.05, 0.1) is 52.4 Å². The zero-order valence-electron chi connectivity index (χ0n) is 29.0. The maximum absolute atomic E-state index is 10.4. The summed E-state index contributed by atoms with van der Waals surface area (Å²) in [7, 11) is 0. The number of nitrogens with zero attached hydrogens (tertiary/aromatic N) is 5. The molecule has 1 unspecified atom stereocenters. The topological polar surface area (TPSA) is 81.2 Å². The van der Waals surface area contributed by atoms with E-state index in [9.17, 15) is 15.8 Å². The molecule has 0 saturated heterocycles. The third-order valence-electron chi connectivity index (χ3n) is 10.7. The summed E-state index contributed by atoms with van der Waals surface area (Å²) >= 11 is 0. The van der Waals surface area contributed by atoms with Gasteiger partial charge in [-0.25, -0.2) is 0 Å². The van der Waals surface area contributed by atoms with Crippen LogP contribution in [0.4, 0.5) is 0 Å². The molecule has 53 heavy (non-hydrogen) atoms. The standard InChI is InChI=1S/C48H33N5/c49-25-24-35-26-33(31-51)28-42(48(35)34-12-11-13-36(29-34)52-43-19-8-5-15-37(43)38-16-6-9-20-44(38)52)40-17-7-10-21-46(40)53-45-18-4-2-1-3-14-39(45)41-27-32(30-50)22-23-47(41)53/h3-23,26-27,29,42H,1-2,24,28H2/b14-3-,18-4?. The van der Waals surface area contributed by atoms with Gasteiger partial charge in [-0.1, -0.05) is 85.0 Å². The molecule has 0 bridgehead atoms. The van der Waals surface area contributed by atoms with Crippen LogP contribution in [0.2, 0.25) is 0 Å². The number of aromatic nitrogens is 2. The Morgan fingerprint density at radius 2 is 1.36 bits per heavy atom. The summed E-state index contributed by atoms with van der Waals surface area (Å²) in [6.07, 6.45) is 13.3. The van der Waals surface area contributed by atoms with Gasteiger partial charge in [0.2, 0.25) is 0 Å². The summed E-state index contributed by atoms with van der Waals surface area (Å²) in [6, 6.07) is 47.2. The highest BCUT2D eigenvalue weighted by atomic mass is 15.0. The van der Waals surface area contributed by atoms with Gasteiger partial charge in [-0.15, -0.1) is 0 Å². The molecule has 2 aromatic heterocycles. The SMILES string of the molecule is N#CCC1=C(c2cccc(-n3c4ccccc4c4ccccc43)c2)C(c2ccccc2-n2c3c(c4cc(C#N)ccc42)/C=C\CCC=C3)CC(C#N)=C1. The lowest BCUT2D eigenvalue weighted by atomic mass is 9.75. The van der Waals surface area contributed by atoms with Gasteiger partial charge in [0.1, 0.15) is 0 Å². The van der Waals surface area contributed by atoms with Crippen molar-refractivity contribution in [2.75, 3.05) is 0 Å². The summed E-state index contributed by atoms with van der Waals surface area (Å²) in [4.78, 5) is 0. The van der Waals surface area contributed by atoms with E-state index in [1.54, 1.807) is 0 Å². The molecule has 0 N–H and O–H groups in total. The van der Waals surface area contributed by atoms with Crippen molar-refractivity contribution in [2.45, 2.75) is 31.6 Å². The molecule has 0 fully saturated rings. The largest absolute Gasteiger partial charge is 0.309 e. The molecule has 5 aromatic carbocycles. The molecule has 0 saturated carbocycles. The van der Waals surface area contributed by atoms with Crippen LogP contribution < -0.4 is 0 Å². The zero-order valence-corrected chi connectivity index (χ0v) is 29.0. The van der Waals surface area contributed by atoms with Crippen molar-refractivity contribution >= 4 is 50.4 Å². The number of allylic oxidation sites excluding steroid dienone is 6. The van der Waals surface area contributed by atoms with E-state index in [1.165, 1.54) is 10.8 Å². The molecule has 5 heteroatoms. The van der Waals surface area contributed by atoms with Crippen molar-refractivity contribution in [3.05, 3.63) is 173 Å². The molecule has 250 valence electrons. The molecule has 0 spiro atoms. The van der Waals surface area contributed by atoms with Gasteiger partial charge in [-0.2, -0.15) is 15.8 Å². The molecule has 0 aliphatic heterocycles. The monoisotopic (exact) mass is 679 g/mol. The molecule has 1 atom stereocenters. The fourth-order valence-electron chi connectivity index (χ4n) is 8.45. The van der Waals surface area contributed by atoms with Gasteiger partial charge in [0, 0.05) is 44.6 Å². The van der Waals surface area contributed by atoms with Crippen molar-refractivity contribution < 1.29 is 0 Å². The molecule has 5 nitrogen and oxygen atoms in total. The first-order valence-electron chi connectivity index (χ1n) is 18.0. The van der Waals surface area contributed by atoms with Crippen LogP contribution >= 0.6 is 0 Å². The Bertz CT molecular complexity index is 2830. The number of hydrogen-bond acceptors (Lipinski definition) is 3. The van der Waals surface area contributed by atoms with Gasteiger partial charge >= 0.3 is 0 Å². The van der Waals surface area contributed by atoms with Crippen LogP contribution in [0.25, 0.3) is 61.8 Å². The van der Waals surface area contributed by atoms with E-state index in [-0.39, 0.29) is 12.3 Å². The fourth-order valence-corrected chi connectivity index (χ4v) is 8.45. The van der Waals surface area contributed by atoms with E-state index in [1.807, 2.05) is 24.3 Å². The molecule has 9 rings (SSSR count). The molecular weight excluding hydrogens is 647 g/mol. The van der Waals surface area contributed by atoms with Crippen molar-refractivity contribution in [3.8, 4) is 29.6 Å². The van der Waals surface area contributed by atoms with Crippen LogP contribution in [-0.4, -0.2) is 9.13 Å². The summed E-state index contributed by atoms with van der Waals surface area (Å²) in [5, 5.41) is 33.7. The molecule has 2 aliphatic carbocycles. The number of fused-ring (bicyclic) bond motifs is 6. The molecule has 0 amide bonds. The highest BCUT2D eigenvalue weighted by Crippen LogP contribution is 2.47. The van der Waals surface area contributed by atoms with Gasteiger partial charge < -0.3 is 9.13 Å². The average molecular weight is 680 g/mol. The first kappa shape index (κ1) is 31.8. The Morgan fingerprint density at radius 1 is 0.642 bits per heavy atom. The number of nitriles is 3. The number of rotatable bonds is 5. The Labute approximate surface area is 308 Å². The number of benzene rings is 5. The predicted molar refractivity (Wildman–Crippen MR) is 214 cm³/mol. The Hall–Kier alpha value is -7.13. The highest BCUT2D eigenvalue weighted by Gasteiger charge is 2.30. The summed E-state index contributed by atoms with van der Waals surface area (Å²) < 4.78 is 4.63. The van der Waals surface area contributed by atoms with E-state index in [2.05, 4.69) is 149 Å². The maximum atomic E-state index is 10.4. The number of para-hydroxylation sites is 3. The maximum Gasteiger partial charge on any atom is 0.0991 e. The lowest BCUT2D eigenvalue weighted by Crippen LogP contribution is -2.14. The lowest BCUT2D eigenvalue weighted by Gasteiger charge is -2.30. The van der Waals surface area contributed by atoms with Crippen LogP contribution in [0, 0.1) is 34.0 Å². The molecule has 2 aliphatic rings. The van der Waals surface area contributed by atoms with E-state index in [0.717, 1.165) is 79.7 Å². The van der Waals surface area contributed by atoms with Gasteiger partial charge in [-0.05, 0) is 102 Å². The third-order valence-corrected chi connectivity index (χ3v) is 10.7. The van der Waals surface area contributed by atoms with Crippen molar-refractivity contribution in [3.63, 3.8) is 0 Å². The Morgan fingerprint density at radius 3 is 2.11 bits per heavy atom. The van der Waals surface area contributed by atoms with Crippen molar-refractivity contribution in [2.24, 2.45) is 0 Å². The van der Waals surface area contributed by atoms with E-state index < -0.39 is 0 Å². The summed E-state index contributed by atoms with van der Waals surface area (Å²) in [6.45, 7) is 0. The lowest BCUT2D eigenvalue weighted by molar-refractivity contribution is 0.826. The third kappa shape index (κ3) is 5.29. The van der Waals surface area contributed by atoms with Crippen molar-refractivity contribution in [1.82, 2.24) is 9.13 Å². The van der Waals surface area contributed by atoms with Crippen LogP contribution in [0.5, 0.6) is 0 Å². The van der Waals surface area contributed by atoms with Crippen LogP contribution in [0.1, 0.15) is 59.5 Å². The molecule has 0 radical (unpaired) electrons. The second-order valence-electron chi connectivity index (χ2n) is 13.7. The van der Waals surface area contributed by atoms with Crippen LogP contribution in [0.15, 0.2) is 145 Å². The van der Waals surface area contributed by atoms with Crippen molar-refractivity contribution in [1.29, 1.82) is 15.8 Å². The molecule has 2 heterocycles. The first-order valence-corrected chi connectivity index (χ1v) is 18.0.